The molecule has 0 saturated carbocycles. The number of halogens is 2. The molecule has 1 N–H and O–H groups in total. The largest absolute Gasteiger partial charge is 0.481 e. The Labute approximate surface area is 149 Å². The van der Waals surface area contributed by atoms with E-state index in [1.807, 2.05) is 0 Å². The standard InChI is InChI=1S/C17H18ClFN2O4/c1-20-14(22)9-13(16(24)25)17(20)2-4-21(5-3-17)15(23)10-6-11(18)8-12(19)7-10/h6-8,13H,2-5,9H2,1H3,(H,24,25)/t13-/m0/s1. The topological polar surface area (TPSA) is 77.9 Å². The minimum atomic E-state index is -0.991. The second-order valence-electron chi connectivity index (χ2n) is 6.60. The van der Waals surface area contributed by atoms with Crippen molar-refractivity contribution in [2.24, 2.45) is 5.92 Å². The molecule has 134 valence electrons. The summed E-state index contributed by atoms with van der Waals surface area (Å²) in [5, 5.41) is 9.61. The van der Waals surface area contributed by atoms with E-state index in [0.29, 0.717) is 25.9 Å². The molecule has 2 aliphatic rings. The number of hydrogen-bond acceptors (Lipinski definition) is 3. The minimum absolute atomic E-state index is 0.0146. The Balaban J connectivity index is 1.78. The number of aliphatic carboxylic acids is 1. The van der Waals surface area contributed by atoms with Gasteiger partial charge in [-0.25, -0.2) is 4.39 Å². The number of hydrogen-bond donors (Lipinski definition) is 1. The average Bonchev–Trinajstić information content (AvgIpc) is 2.79. The molecule has 0 unspecified atom stereocenters. The monoisotopic (exact) mass is 368 g/mol. The Bertz CT molecular complexity index is 726. The van der Waals surface area contributed by atoms with Crippen LogP contribution in [0.5, 0.6) is 0 Å². The van der Waals surface area contributed by atoms with Crippen LogP contribution < -0.4 is 0 Å². The predicted molar refractivity (Wildman–Crippen MR) is 87.8 cm³/mol. The Morgan fingerprint density at radius 1 is 1.28 bits per heavy atom. The molecule has 1 spiro atoms. The summed E-state index contributed by atoms with van der Waals surface area (Å²) in [4.78, 5) is 39.2. The zero-order valence-corrected chi connectivity index (χ0v) is 14.4. The highest BCUT2D eigenvalue weighted by Crippen LogP contribution is 2.43. The number of nitrogens with zero attached hydrogens (tertiary/aromatic N) is 2. The summed E-state index contributed by atoms with van der Waals surface area (Å²) >= 11 is 5.80. The highest BCUT2D eigenvalue weighted by molar-refractivity contribution is 6.31. The first-order valence-electron chi connectivity index (χ1n) is 7.99. The van der Waals surface area contributed by atoms with E-state index < -0.39 is 23.2 Å². The molecule has 2 saturated heterocycles. The van der Waals surface area contributed by atoms with Gasteiger partial charge in [0.05, 0.1) is 11.5 Å². The number of piperidine rings is 1. The van der Waals surface area contributed by atoms with Crippen molar-refractivity contribution in [3.05, 3.63) is 34.6 Å². The molecular weight excluding hydrogens is 351 g/mol. The van der Waals surface area contributed by atoms with Crippen LogP contribution in [0.4, 0.5) is 4.39 Å². The molecule has 2 aliphatic heterocycles. The third kappa shape index (κ3) is 2.97. The number of carbonyl (C=O) groups excluding carboxylic acids is 2. The molecule has 2 amide bonds. The molecule has 8 heteroatoms. The molecule has 1 aromatic carbocycles. The van der Waals surface area contributed by atoms with Crippen molar-refractivity contribution in [1.29, 1.82) is 0 Å². The van der Waals surface area contributed by atoms with Crippen LogP contribution in [0, 0.1) is 11.7 Å². The van der Waals surface area contributed by atoms with Crippen LogP contribution in [0.1, 0.15) is 29.6 Å². The number of benzene rings is 1. The first-order chi connectivity index (χ1) is 11.7. The fraction of sp³-hybridized carbons (Fsp3) is 0.471. The fourth-order valence-corrected chi connectivity index (χ4v) is 4.16. The summed E-state index contributed by atoms with van der Waals surface area (Å²) in [6, 6.07) is 3.66. The van der Waals surface area contributed by atoms with E-state index >= 15 is 0 Å². The van der Waals surface area contributed by atoms with Crippen molar-refractivity contribution < 1.29 is 23.9 Å². The summed E-state index contributed by atoms with van der Waals surface area (Å²) in [5.74, 6) is -2.89. The summed E-state index contributed by atoms with van der Waals surface area (Å²) in [7, 11) is 1.62. The molecule has 1 atom stereocenters. The Morgan fingerprint density at radius 3 is 2.48 bits per heavy atom. The first-order valence-corrected chi connectivity index (χ1v) is 8.37. The maximum Gasteiger partial charge on any atom is 0.309 e. The Hall–Kier alpha value is -2.15. The van der Waals surface area contributed by atoms with Crippen molar-refractivity contribution >= 4 is 29.4 Å². The molecule has 0 aromatic heterocycles. The molecule has 25 heavy (non-hydrogen) atoms. The molecular formula is C17H18ClFN2O4. The quantitative estimate of drug-likeness (QED) is 0.866. The van der Waals surface area contributed by atoms with Gasteiger partial charge in [-0.05, 0) is 31.0 Å². The highest BCUT2D eigenvalue weighted by atomic mass is 35.5. The van der Waals surface area contributed by atoms with E-state index in [9.17, 15) is 23.9 Å². The SMILES string of the molecule is CN1C(=O)C[C@@H](C(=O)O)C12CCN(C(=O)c1cc(F)cc(Cl)c1)CC2. The lowest BCUT2D eigenvalue weighted by atomic mass is 9.77. The van der Waals surface area contributed by atoms with Crippen LogP contribution in [0.15, 0.2) is 18.2 Å². The third-order valence-corrected chi connectivity index (χ3v) is 5.61. The summed E-state index contributed by atoms with van der Waals surface area (Å²) in [6.45, 7) is 0.600. The number of carbonyl (C=O) groups is 3. The normalized spacial score (nSPS) is 22.5. The highest BCUT2D eigenvalue weighted by Gasteiger charge is 2.55. The van der Waals surface area contributed by atoms with Gasteiger partial charge in [0.2, 0.25) is 5.91 Å². The lowest BCUT2D eigenvalue weighted by Crippen LogP contribution is -2.56. The molecule has 2 fully saturated rings. The summed E-state index contributed by atoms with van der Waals surface area (Å²) < 4.78 is 13.5. The van der Waals surface area contributed by atoms with Crippen molar-refractivity contribution in [3.8, 4) is 0 Å². The molecule has 0 aliphatic carbocycles. The van der Waals surface area contributed by atoms with Crippen LogP contribution in [-0.4, -0.2) is 58.4 Å². The summed E-state index contributed by atoms with van der Waals surface area (Å²) in [6.07, 6.45) is 0.737. The number of amides is 2. The smallest absolute Gasteiger partial charge is 0.309 e. The van der Waals surface area contributed by atoms with E-state index in [1.54, 1.807) is 11.9 Å². The maximum absolute atomic E-state index is 13.5. The number of rotatable bonds is 2. The van der Waals surface area contributed by atoms with Gasteiger partial charge < -0.3 is 14.9 Å². The van der Waals surface area contributed by atoms with E-state index in [4.69, 9.17) is 11.6 Å². The van der Waals surface area contributed by atoms with E-state index in [0.717, 1.165) is 12.1 Å². The van der Waals surface area contributed by atoms with Crippen LogP contribution in [0.25, 0.3) is 0 Å². The van der Waals surface area contributed by atoms with Gasteiger partial charge in [-0.3, -0.25) is 14.4 Å². The van der Waals surface area contributed by atoms with E-state index in [-0.39, 0.29) is 28.8 Å². The Morgan fingerprint density at radius 2 is 1.92 bits per heavy atom. The van der Waals surface area contributed by atoms with Crippen LogP contribution >= 0.6 is 11.6 Å². The lowest BCUT2D eigenvalue weighted by molar-refractivity contribution is -0.145. The van der Waals surface area contributed by atoms with Gasteiger partial charge >= 0.3 is 5.97 Å². The average molecular weight is 369 g/mol. The van der Waals surface area contributed by atoms with Crippen molar-refractivity contribution in [3.63, 3.8) is 0 Å². The third-order valence-electron chi connectivity index (χ3n) is 5.39. The van der Waals surface area contributed by atoms with Gasteiger partial charge in [0.25, 0.3) is 5.91 Å². The van der Waals surface area contributed by atoms with Crippen LogP contribution in [0.2, 0.25) is 5.02 Å². The molecule has 0 bridgehead atoms. The molecule has 2 heterocycles. The maximum atomic E-state index is 13.5. The van der Waals surface area contributed by atoms with Gasteiger partial charge in [0.15, 0.2) is 0 Å². The van der Waals surface area contributed by atoms with E-state index in [2.05, 4.69) is 0 Å². The van der Waals surface area contributed by atoms with Gasteiger partial charge in [-0.2, -0.15) is 0 Å². The lowest BCUT2D eigenvalue weighted by Gasteiger charge is -2.45. The molecule has 3 rings (SSSR count). The van der Waals surface area contributed by atoms with Crippen LogP contribution in [0.3, 0.4) is 0 Å². The van der Waals surface area contributed by atoms with Crippen LogP contribution in [-0.2, 0) is 9.59 Å². The number of carboxylic acids is 1. The second-order valence-corrected chi connectivity index (χ2v) is 7.04. The van der Waals surface area contributed by atoms with Crippen molar-refractivity contribution in [2.45, 2.75) is 24.8 Å². The van der Waals surface area contributed by atoms with E-state index in [1.165, 1.54) is 11.0 Å². The molecule has 6 nitrogen and oxygen atoms in total. The zero-order chi connectivity index (χ0) is 18.4. The minimum Gasteiger partial charge on any atom is -0.481 e. The molecule has 1 aromatic rings. The van der Waals surface area contributed by atoms with Gasteiger partial charge in [-0.15, -0.1) is 0 Å². The number of likely N-dealkylation sites (tertiary alicyclic amines) is 2. The van der Waals surface area contributed by atoms with Gasteiger partial charge in [0, 0.05) is 37.1 Å². The fourth-order valence-electron chi connectivity index (χ4n) is 3.94. The first kappa shape index (κ1) is 17.7. The van der Waals surface area contributed by atoms with Crippen molar-refractivity contribution in [1.82, 2.24) is 9.80 Å². The second kappa shape index (κ2) is 6.29. The predicted octanol–water partition coefficient (Wildman–Crippen LogP) is 2.02. The molecule has 0 radical (unpaired) electrons. The van der Waals surface area contributed by atoms with Gasteiger partial charge in [-0.1, -0.05) is 11.6 Å². The van der Waals surface area contributed by atoms with Gasteiger partial charge in [0.1, 0.15) is 5.82 Å². The Kier molecular flexibility index (Phi) is 4.45. The zero-order valence-electron chi connectivity index (χ0n) is 13.7. The summed E-state index contributed by atoms with van der Waals surface area (Å²) in [5.41, 5.74) is -0.606. The number of carboxylic acid groups (broad SMARTS) is 1. The van der Waals surface area contributed by atoms with Crippen molar-refractivity contribution in [2.75, 3.05) is 20.1 Å².